The number of ether oxygens (including phenoxy) is 4. The molecule has 12 aromatic rings. The van der Waals surface area contributed by atoms with E-state index in [1.807, 2.05) is 170 Å². The second-order valence-corrected chi connectivity index (χ2v) is 24.4. The number of carbonyl (C=O) groups is 2. The van der Waals surface area contributed by atoms with Crippen molar-refractivity contribution >= 4 is 100 Å². The van der Waals surface area contributed by atoms with Gasteiger partial charge in [0.15, 0.2) is 0 Å². The number of benzene rings is 12. The number of nitrogens with zero attached hydrogens (tertiary/aromatic N) is 4. The molecule has 0 fully saturated rings. The summed E-state index contributed by atoms with van der Waals surface area (Å²) in [5.74, 6) is 4.51. The third kappa shape index (κ3) is 16.2. The van der Waals surface area contributed by atoms with Crippen LogP contribution in [0.2, 0.25) is 0 Å². The minimum absolute atomic E-state index is 0.593. The molecule has 12 aromatic carbocycles. The number of rotatable bonds is 20. The molecule has 0 radical (unpaired) electrons. The zero-order valence-electron chi connectivity index (χ0n) is 48.9. The van der Waals surface area contributed by atoms with Crippen molar-refractivity contribution in [2.45, 2.75) is 0 Å². The Labute approximate surface area is 535 Å². The van der Waals surface area contributed by atoms with Gasteiger partial charge in [-0.1, -0.05) is 72.8 Å². The van der Waals surface area contributed by atoms with Gasteiger partial charge in [-0.3, -0.25) is 9.59 Å². The van der Waals surface area contributed by atoms with Gasteiger partial charge in [-0.2, -0.15) is 0 Å². The zero-order valence-corrected chi connectivity index (χ0v) is 53.4. The quantitative estimate of drug-likeness (QED) is 0.0543. The van der Waals surface area contributed by atoms with E-state index in [0.29, 0.717) is 22.6 Å². The van der Waals surface area contributed by atoms with Crippen LogP contribution in [0.4, 0.5) is 68.2 Å². The third-order valence-corrected chi connectivity index (χ3v) is 14.1. The van der Waals surface area contributed by atoms with Crippen molar-refractivity contribution in [3.63, 3.8) is 0 Å². The molecule has 0 N–H and O–H groups in total. The van der Waals surface area contributed by atoms with Crippen LogP contribution in [0.1, 0.15) is 20.7 Å². The first kappa shape index (κ1) is 61.7. The maximum Gasteiger partial charge on any atom is 0.127 e. The van der Waals surface area contributed by atoms with Crippen molar-refractivity contribution in [3.8, 4) is 34.5 Å². The van der Waals surface area contributed by atoms with E-state index in [1.54, 1.807) is 38.5 Å². The molecule has 0 spiro atoms. The summed E-state index contributed by atoms with van der Waals surface area (Å²) in [5.41, 5.74) is 13.3. The molecule has 0 atom stereocenters. The van der Waals surface area contributed by atoms with Crippen LogP contribution in [0.3, 0.4) is 0 Å². The molecule has 0 saturated heterocycles. The molecule has 0 aliphatic heterocycles. The fraction of sp³-hybridized carbons (Fsp3) is 0.0263. The number of aldehydes is 2. The molecule has 0 amide bonds. The second kappa shape index (κ2) is 31.3. The minimum Gasteiger partial charge on any atom is -0.457 e. The summed E-state index contributed by atoms with van der Waals surface area (Å²) in [4.78, 5) is 31.2. The molecule has 0 aromatic heterocycles. The van der Waals surface area contributed by atoms with Crippen LogP contribution in [-0.2, 0) is 15.1 Å². The average molecular weight is 1260 g/mol. The van der Waals surface area contributed by atoms with Crippen LogP contribution < -0.4 is 38.5 Å². The van der Waals surface area contributed by atoms with Gasteiger partial charge in [0, 0.05) is 79.4 Å². The Bertz CT molecular complexity index is 3790. The van der Waals surface area contributed by atoms with Gasteiger partial charge in [-0.15, -0.1) is 0 Å². The van der Waals surface area contributed by atoms with E-state index in [1.165, 1.54) is 0 Å². The zero-order chi connectivity index (χ0) is 61.6. The van der Waals surface area contributed by atoms with Gasteiger partial charge in [0.05, 0.1) is 14.2 Å². The van der Waals surface area contributed by atoms with Gasteiger partial charge in [0.2, 0.25) is 0 Å². The second-order valence-electron chi connectivity index (χ2n) is 19.8. The van der Waals surface area contributed by atoms with Gasteiger partial charge in [-0.25, -0.2) is 0 Å². The standard InChI is InChI=1S/C40H32N2O5.C36H28N2O.2ClH.Zn/c1-45-37-19-11-33(12-20-37)42(34-13-21-38(46-2)22-14-34)36-17-25-40(26-18-36)47-39-23-15-35(16-24-39)41(31-7-3-29(27-43)4-8-31)32-9-5-30(28-44)6-10-32;1-5-13-29(14-6-1)37(30-15-7-2-8-16-30)33-21-25-35(26-22-33)39-36-27-23-34(24-28-36)38(31-17-9-3-10-18-31)32-19-11-4-12-20-32;;;/h3-28H,1-2H3;1-28H;2*1H;/q;;;;+2/p-2. The van der Waals surface area contributed by atoms with E-state index in [0.717, 1.165) is 104 Å². The summed E-state index contributed by atoms with van der Waals surface area (Å²) in [7, 11) is 13.2. The summed E-state index contributed by atoms with van der Waals surface area (Å²) in [6.07, 6.45) is 1.64. The summed E-state index contributed by atoms with van der Waals surface area (Å²) >= 11 is -0.931. The van der Waals surface area contributed by atoms with Gasteiger partial charge < -0.3 is 38.5 Å². The number of hydrogen-bond acceptors (Lipinski definition) is 10. The van der Waals surface area contributed by atoms with E-state index in [2.05, 4.69) is 141 Å². The Hall–Kier alpha value is -10.4. The molecule has 0 aliphatic rings. The fourth-order valence-electron chi connectivity index (χ4n) is 9.89. The summed E-state index contributed by atoms with van der Waals surface area (Å²) in [5, 5.41) is 0. The molecule has 0 saturated carbocycles. The van der Waals surface area contributed by atoms with Crippen LogP contribution in [0, 0.1) is 0 Å². The number of para-hydroxylation sites is 4. The first-order valence-electron chi connectivity index (χ1n) is 28.5. The third-order valence-electron chi connectivity index (χ3n) is 14.1. The van der Waals surface area contributed by atoms with E-state index >= 15 is 0 Å². The van der Waals surface area contributed by atoms with Crippen molar-refractivity contribution in [3.05, 3.63) is 327 Å². The number of carbonyl (C=O) groups excluding carboxylic acids is 2. The van der Waals surface area contributed by atoms with Gasteiger partial charge in [0.25, 0.3) is 0 Å². The maximum atomic E-state index is 11.2. The first-order valence-corrected chi connectivity index (χ1v) is 36.3. The Morgan fingerprint density at radius 2 is 0.404 bits per heavy atom. The molecule has 89 heavy (non-hydrogen) atoms. The van der Waals surface area contributed by atoms with E-state index < -0.39 is 15.1 Å². The van der Waals surface area contributed by atoms with Crippen LogP contribution in [0.5, 0.6) is 34.5 Å². The number of anilines is 12. The molecule has 12 rings (SSSR count). The molecule has 13 heteroatoms. The van der Waals surface area contributed by atoms with Crippen molar-refractivity contribution in [2.24, 2.45) is 0 Å². The summed E-state index contributed by atoms with van der Waals surface area (Å²) in [6.45, 7) is 0. The molecule has 0 aliphatic carbocycles. The van der Waals surface area contributed by atoms with E-state index in [4.69, 9.17) is 38.3 Å². The van der Waals surface area contributed by atoms with E-state index in [9.17, 15) is 9.59 Å². The summed E-state index contributed by atoms with van der Waals surface area (Å²) < 4.78 is 23.2. The Balaban J connectivity index is 0.000000191. The summed E-state index contributed by atoms with van der Waals surface area (Å²) in [6, 6.07) is 104. The smallest absolute Gasteiger partial charge is 0.127 e. The van der Waals surface area contributed by atoms with Crippen LogP contribution >= 0.6 is 19.4 Å². The molecule has 0 heterocycles. The molecule has 0 unspecified atom stereocenters. The van der Waals surface area contributed by atoms with Crippen LogP contribution in [-0.4, -0.2) is 26.8 Å². The van der Waals surface area contributed by atoms with Gasteiger partial charge in [0.1, 0.15) is 47.1 Å². The topological polar surface area (TPSA) is 84.0 Å². The molecular weight excluding hydrogens is 1200 g/mol. The maximum absolute atomic E-state index is 11.2. The fourth-order valence-corrected chi connectivity index (χ4v) is 9.89. The Morgan fingerprint density at radius 1 is 0.247 bits per heavy atom. The van der Waals surface area contributed by atoms with Crippen molar-refractivity contribution in [2.75, 3.05) is 33.8 Å². The molecule has 10 nitrogen and oxygen atoms in total. The van der Waals surface area contributed by atoms with E-state index in [-0.39, 0.29) is 0 Å². The van der Waals surface area contributed by atoms with Crippen LogP contribution in [0.15, 0.2) is 315 Å². The van der Waals surface area contributed by atoms with Gasteiger partial charge >= 0.3 is 34.5 Å². The Kier molecular flexibility index (Phi) is 21.7. The van der Waals surface area contributed by atoms with Crippen molar-refractivity contribution in [1.82, 2.24) is 0 Å². The Morgan fingerprint density at radius 3 is 0.573 bits per heavy atom. The molecule has 436 valence electrons. The monoisotopic (exact) mass is 1260 g/mol. The first-order chi connectivity index (χ1) is 43.8. The normalized spacial score (nSPS) is 10.3. The number of methoxy groups -OCH3 is 2. The predicted octanol–water partition coefficient (Wildman–Crippen LogP) is 21.9. The minimum atomic E-state index is -0.931. The average Bonchev–Trinajstić information content (AvgIpc) is 3.55. The SMILES string of the molecule is COc1ccc(N(c2ccc(OC)cc2)c2ccc(Oc3ccc(N(c4ccc(C=O)cc4)c4ccc(C=O)cc4)cc3)cc2)cc1.[Cl][Zn][Cl].c1ccc(N(c2ccccc2)c2ccc(Oc3ccc(N(c4ccccc4)c4ccccc4)cc3)cc2)cc1. The molecular formula is C76H60Cl2N4O6Zn. The largest absolute Gasteiger partial charge is 0.457 e. The van der Waals surface area contributed by atoms with Crippen LogP contribution in [0.25, 0.3) is 0 Å². The van der Waals surface area contributed by atoms with Gasteiger partial charge in [-0.05, 0) is 243 Å². The van der Waals surface area contributed by atoms with Crippen molar-refractivity contribution in [1.29, 1.82) is 0 Å². The van der Waals surface area contributed by atoms with Crippen molar-refractivity contribution < 1.29 is 43.7 Å². The predicted molar refractivity (Wildman–Crippen MR) is 360 cm³/mol. The number of halogens is 2. The number of hydrogen-bond donors (Lipinski definition) is 0. The molecule has 0 bridgehead atoms.